The van der Waals surface area contributed by atoms with Crippen molar-refractivity contribution in [3.8, 4) is 16.9 Å². The number of halogens is 1. The smallest absolute Gasteiger partial charge is 0.252 e. The Balaban J connectivity index is 1.58. The number of ketones is 1. The number of carbonyl (C=O) groups is 2. The van der Waals surface area contributed by atoms with Gasteiger partial charge in [0.25, 0.3) is 5.56 Å². The van der Waals surface area contributed by atoms with Crippen LogP contribution in [0.2, 0.25) is 5.02 Å². The number of rotatable bonds is 8. The molecule has 40 heavy (non-hydrogen) atoms. The highest BCUT2D eigenvalue weighted by molar-refractivity contribution is 6.31. The second-order valence-electron chi connectivity index (χ2n) is 9.20. The van der Waals surface area contributed by atoms with Crippen LogP contribution in [-0.2, 0) is 11.2 Å². The molecule has 0 saturated carbocycles. The third-order valence-electron chi connectivity index (χ3n) is 6.56. The molecule has 5 rings (SSSR count). The first-order valence-electron chi connectivity index (χ1n) is 12.5. The summed E-state index contributed by atoms with van der Waals surface area (Å²) in [5.41, 5.74) is 3.57. The molecule has 200 valence electrons. The normalized spacial score (nSPS) is 11.7. The van der Waals surface area contributed by atoms with Crippen LogP contribution in [0.1, 0.15) is 28.9 Å². The second kappa shape index (κ2) is 11.5. The molecule has 0 bridgehead atoms. The number of aromatic nitrogens is 3. The number of fused-ring (bicyclic) bond motifs is 1. The van der Waals surface area contributed by atoms with Gasteiger partial charge in [0.1, 0.15) is 11.8 Å². The van der Waals surface area contributed by atoms with Crippen molar-refractivity contribution in [3.05, 3.63) is 118 Å². The number of nitrogens with one attached hydrogen (secondary N) is 1. The van der Waals surface area contributed by atoms with Crippen LogP contribution in [0, 0.1) is 0 Å². The van der Waals surface area contributed by atoms with E-state index in [9.17, 15) is 14.4 Å². The highest BCUT2D eigenvalue weighted by atomic mass is 35.5. The first-order valence-corrected chi connectivity index (χ1v) is 12.9. The van der Waals surface area contributed by atoms with E-state index in [0.717, 1.165) is 5.56 Å². The number of anilines is 1. The molecule has 5 aromatic rings. The zero-order chi connectivity index (χ0) is 28.2. The van der Waals surface area contributed by atoms with Crippen LogP contribution < -0.4 is 15.6 Å². The molecular weight excluding hydrogens is 528 g/mol. The molecule has 0 radical (unpaired) electrons. The van der Waals surface area contributed by atoms with Gasteiger partial charge in [0.05, 0.1) is 24.3 Å². The maximum absolute atomic E-state index is 13.7. The maximum Gasteiger partial charge on any atom is 0.252 e. The topological polar surface area (TPSA) is 103 Å². The van der Waals surface area contributed by atoms with Gasteiger partial charge in [-0.05, 0) is 54.4 Å². The Kier molecular flexibility index (Phi) is 7.70. The molecule has 0 fully saturated rings. The van der Waals surface area contributed by atoms with Crippen molar-refractivity contribution in [1.29, 1.82) is 0 Å². The fraction of sp³-hybridized carbons (Fsp3) is 0.129. The van der Waals surface area contributed by atoms with E-state index >= 15 is 0 Å². The van der Waals surface area contributed by atoms with Gasteiger partial charge in [-0.3, -0.25) is 28.9 Å². The molecule has 8 nitrogen and oxygen atoms in total. The van der Waals surface area contributed by atoms with E-state index in [1.165, 1.54) is 30.9 Å². The van der Waals surface area contributed by atoms with E-state index in [-0.39, 0.29) is 12.2 Å². The summed E-state index contributed by atoms with van der Waals surface area (Å²) in [6.07, 6.45) is 4.93. The molecule has 2 heterocycles. The van der Waals surface area contributed by atoms with Crippen molar-refractivity contribution in [2.45, 2.75) is 19.4 Å². The number of amides is 1. The Labute approximate surface area is 235 Å². The lowest BCUT2D eigenvalue weighted by Crippen LogP contribution is -2.34. The average Bonchev–Trinajstić information content (AvgIpc) is 2.96. The van der Waals surface area contributed by atoms with Gasteiger partial charge in [-0.1, -0.05) is 41.9 Å². The first kappa shape index (κ1) is 26.8. The predicted molar refractivity (Wildman–Crippen MR) is 155 cm³/mol. The van der Waals surface area contributed by atoms with Crippen molar-refractivity contribution in [2.75, 3.05) is 12.4 Å². The zero-order valence-corrected chi connectivity index (χ0v) is 22.6. The average molecular weight is 553 g/mol. The number of hydrogen-bond donors (Lipinski definition) is 1. The SMILES string of the molecule is COc1cn(C(Cc2ccccc2)C(=O)Nc2ccc3nccnc3c2)c(=O)cc1-c1cc(Cl)ccc1C(C)=O. The lowest BCUT2D eigenvalue weighted by atomic mass is 9.97. The highest BCUT2D eigenvalue weighted by Gasteiger charge is 2.25. The summed E-state index contributed by atoms with van der Waals surface area (Å²) in [7, 11) is 1.47. The van der Waals surface area contributed by atoms with E-state index in [2.05, 4.69) is 15.3 Å². The van der Waals surface area contributed by atoms with Crippen molar-refractivity contribution in [1.82, 2.24) is 14.5 Å². The van der Waals surface area contributed by atoms with Crippen LogP contribution in [0.4, 0.5) is 5.69 Å². The molecule has 0 aliphatic carbocycles. The fourth-order valence-electron chi connectivity index (χ4n) is 4.61. The van der Waals surface area contributed by atoms with Crippen LogP contribution >= 0.6 is 11.6 Å². The minimum Gasteiger partial charge on any atom is -0.495 e. The quantitative estimate of drug-likeness (QED) is 0.246. The van der Waals surface area contributed by atoms with E-state index in [0.29, 0.717) is 44.2 Å². The largest absolute Gasteiger partial charge is 0.495 e. The molecule has 9 heteroatoms. The molecular formula is C31H25ClN4O4. The monoisotopic (exact) mass is 552 g/mol. The number of ether oxygens (including phenoxy) is 1. The first-order chi connectivity index (χ1) is 19.3. The second-order valence-corrected chi connectivity index (χ2v) is 9.64. The number of hydrogen-bond acceptors (Lipinski definition) is 6. The van der Waals surface area contributed by atoms with Crippen LogP contribution in [0.25, 0.3) is 22.2 Å². The Hall–Kier alpha value is -4.82. The van der Waals surface area contributed by atoms with Gasteiger partial charge in [-0.25, -0.2) is 0 Å². The molecule has 0 saturated heterocycles. The zero-order valence-electron chi connectivity index (χ0n) is 21.8. The molecule has 1 N–H and O–H groups in total. The summed E-state index contributed by atoms with van der Waals surface area (Å²) < 4.78 is 7.01. The lowest BCUT2D eigenvalue weighted by molar-refractivity contribution is -0.119. The predicted octanol–water partition coefficient (Wildman–Crippen LogP) is 5.75. The third kappa shape index (κ3) is 5.62. The molecule has 0 spiro atoms. The molecule has 2 aromatic heterocycles. The van der Waals surface area contributed by atoms with Gasteiger partial charge in [0.15, 0.2) is 5.78 Å². The van der Waals surface area contributed by atoms with Crippen LogP contribution in [0.5, 0.6) is 5.75 Å². The number of Topliss-reactive ketones (excluding diaryl/α,β-unsaturated/α-hetero) is 1. The standard InChI is InChI=1S/C31H25ClN4O4/c1-19(37)23-10-8-21(32)15-24(23)25-17-30(38)36(18-29(25)40-2)28(14-20-6-4-3-5-7-20)31(39)35-22-9-11-26-27(16-22)34-13-12-33-26/h3-13,15-18,28H,14H2,1-2H3,(H,35,39). The molecule has 0 aliphatic rings. The Morgan fingerprint density at radius 2 is 1.70 bits per heavy atom. The molecule has 0 aliphatic heterocycles. The van der Waals surface area contributed by atoms with E-state index < -0.39 is 17.5 Å². The van der Waals surface area contributed by atoms with Crippen molar-refractivity contribution in [3.63, 3.8) is 0 Å². The number of carbonyl (C=O) groups excluding carboxylic acids is 2. The van der Waals surface area contributed by atoms with Gasteiger partial charge in [0.2, 0.25) is 5.91 Å². The fourth-order valence-corrected chi connectivity index (χ4v) is 4.79. The van der Waals surface area contributed by atoms with Crippen molar-refractivity contribution >= 4 is 40.0 Å². The van der Waals surface area contributed by atoms with E-state index in [4.69, 9.17) is 16.3 Å². The summed E-state index contributed by atoms with van der Waals surface area (Å²) in [5.74, 6) is -0.258. The number of pyridine rings is 1. The summed E-state index contributed by atoms with van der Waals surface area (Å²) in [5, 5.41) is 3.34. The summed E-state index contributed by atoms with van der Waals surface area (Å²) in [4.78, 5) is 48.2. The van der Waals surface area contributed by atoms with Gasteiger partial charge >= 0.3 is 0 Å². The molecule has 3 aromatic carbocycles. The van der Waals surface area contributed by atoms with Crippen molar-refractivity contribution < 1.29 is 14.3 Å². The van der Waals surface area contributed by atoms with Gasteiger partial charge in [0, 0.05) is 46.7 Å². The van der Waals surface area contributed by atoms with E-state index in [1.54, 1.807) is 48.8 Å². The van der Waals surface area contributed by atoms with Crippen LogP contribution in [0.3, 0.4) is 0 Å². The molecule has 1 unspecified atom stereocenters. The Morgan fingerprint density at radius 1 is 0.950 bits per heavy atom. The number of methoxy groups -OCH3 is 1. The maximum atomic E-state index is 13.7. The summed E-state index contributed by atoms with van der Waals surface area (Å²) in [6.45, 7) is 1.44. The minimum absolute atomic E-state index is 0.181. The highest BCUT2D eigenvalue weighted by Crippen LogP contribution is 2.34. The third-order valence-corrected chi connectivity index (χ3v) is 6.80. The number of benzene rings is 3. The lowest BCUT2D eigenvalue weighted by Gasteiger charge is -2.22. The molecule has 1 atom stereocenters. The number of nitrogens with zero attached hydrogens (tertiary/aromatic N) is 3. The van der Waals surface area contributed by atoms with Crippen LogP contribution in [-0.4, -0.2) is 33.3 Å². The summed E-state index contributed by atoms with van der Waals surface area (Å²) >= 11 is 6.24. The van der Waals surface area contributed by atoms with Gasteiger partial charge < -0.3 is 10.1 Å². The molecule has 1 amide bonds. The summed E-state index contributed by atoms with van der Waals surface area (Å²) in [6, 6.07) is 20.0. The minimum atomic E-state index is -0.915. The van der Waals surface area contributed by atoms with Gasteiger partial charge in [-0.15, -0.1) is 0 Å². The van der Waals surface area contributed by atoms with E-state index in [1.807, 2.05) is 30.3 Å². The van der Waals surface area contributed by atoms with Gasteiger partial charge in [-0.2, -0.15) is 0 Å². The van der Waals surface area contributed by atoms with Crippen molar-refractivity contribution in [2.24, 2.45) is 0 Å². The Morgan fingerprint density at radius 3 is 2.42 bits per heavy atom. The van der Waals surface area contributed by atoms with Crippen LogP contribution in [0.15, 0.2) is 96.2 Å². The Bertz CT molecular complexity index is 1790.